The molecule has 0 radical (unpaired) electrons. The number of hydrogen-bond donors (Lipinski definition) is 1. The highest BCUT2D eigenvalue weighted by Gasteiger charge is 2.25. The summed E-state index contributed by atoms with van der Waals surface area (Å²) < 4.78 is 19.8. The van der Waals surface area contributed by atoms with E-state index in [4.69, 9.17) is 10.5 Å². The van der Waals surface area contributed by atoms with Crippen molar-refractivity contribution in [1.82, 2.24) is 15.0 Å². The van der Waals surface area contributed by atoms with Gasteiger partial charge in [0.25, 0.3) is 0 Å². The number of amides is 1. The first-order valence-electron chi connectivity index (χ1n) is 9.00. The molecule has 1 aromatic carbocycles. The lowest BCUT2D eigenvalue weighted by Gasteiger charge is -2.27. The van der Waals surface area contributed by atoms with Crippen LogP contribution in [0.25, 0.3) is 11.4 Å². The van der Waals surface area contributed by atoms with E-state index in [9.17, 15) is 9.18 Å². The van der Waals surface area contributed by atoms with Gasteiger partial charge in [-0.05, 0) is 51.1 Å². The molecule has 2 N–H and O–H groups in total. The van der Waals surface area contributed by atoms with Crippen LogP contribution in [0.4, 0.5) is 20.6 Å². The first-order chi connectivity index (χ1) is 13.7. The van der Waals surface area contributed by atoms with Gasteiger partial charge in [-0.1, -0.05) is 0 Å². The van der Waals surface area contributed by atoms with E-state index in [0.717, 1.165) is 0 Å². The van der Waals surface area contributed by atoms with Crippen molar-refractivity contribution in [3.8, 4) is 11.4 Å². The molecule has 0 saturated carbocycles. The Balaban J connectivity index is 2.01. The van der Waals surface area contributed by atoms with Crippen LogP contribution in [0.15, 0.2) is 55.1 Å². The number of pyridine rings is 1. The van der Waals surface area contributed by atoms with Gasteiger partial charge in [0.05, 0.1) is 18.4 Å². The van der Waals surface area contributed by atoms with Crippen LogP contribution in [0, 0.1) is 5.82 Å². The predicted molar refractivity (Wildman–Crippen MR) is 108 cm³/mol. The third-order valence-electron chi connectivity index (χ3n) is 3.87. The Morgan fingerprint density at radius 1 is 1.17 bits per heavy atom. The molecule has 3 rings (SSSR count). The Morgan fingerprint density at radius 3 is 2.59 bits per heavy atom. The van der Waals surface area contributed by atoms with Crippen molar-refractivity contribution >= 4 is 17.5 Å². The molecule has 0 fully saturated rings. The molecule has 0 aliphatic carbocycles. The highest BCUT2D eigenvalue weighted by atomic mass is 19.1. The van der Waals surface area contributed by atoms with E-state index >= 15 is 0 Å². The van der Waals surface area contributed by atoms with Gasteiger partial charge in [0, 0.05) is 35.4 Å². The standard InChI is InChI=1S/C21H22FN5O2/c1-21(2,3)29-20(28)27(13-15-9-16(23)5-6-18(15)22)17-10-14(11-24-12-17)19-25-7-4-8-26-19/h4-12H,13,23H2,1-3H3. The maximum absolute atomic E-state index is 14.3. The van der Waals surface area contributed by atoms with E-state index < -0.39 is 17.5 Å². The number of hydrogen-bond acceptors (Lipinski definition) is 6. The lowest BCUT2D eigenvalue weighted by Crippen LogP contribution is -2.36. The van der Waals surface area contributed by atoms with Gasteiger partial charge in [-0.3, -0.25) is 9.88 Å². The van der Waals surface area contributed by atoms with Crippen molar-refractivity contribution in [1.29, 1.82) is 0 Å². The predicted octanol–water partition coefficient (Wildman–Crippen LogP) is 4.20. The van der Waals surface area contributed by atoms with E-state index in [1.165, 1.54) is 29.3 Å². The highest BCUT2D eigenvalue weighted by molar-refractivity contribution is 5.88. The lowest BCUT2D eigenvalue weighted by atomic mass is 10.1. The van der Waals surface area contributed by atoms with Crippen molar-refractivity contribution < 1.29 is 13.9 Å². The minimum Gasteiger partial charge on any atom is -0.443 e. The molecule has 1 amide bonds. The fraction of sp³-hybridized carbons (Fsp3) is 0.238. The molecular weight excluding hydrogens is 373 g/mol. The van der Waals surface area contributed by atoms with Gasteiger partial charge in [-0.15, -0.1) is 0 Å². The van der Waals surface area contributed by atoms with Crippen LogP contribution in [0.1, 0.15) is 26.3 Å². The van der Waals surface area contributed by atoms with Crippen LogP contribution in [0.2, 0.25) is 0 Å². The molecule has 0 spiro atoms. The molecule has 0 aliphatic rings. The smallest absolute Gasteiger partial charge is 0.415 e. The zero-order chi connectivity index (χ0) is 21.0. The van der Waals surface area contributed by atoms with E-state index in [-0.39, 0.29) is 12.1 Å². The van der Waals surface area contributed by atoms with Crippen LogP contribution >= 0.6 is 0 Å². The summed E-state index contributed by atoms with van der Waals surface area (Å²) in [6, 6.07) is 7.63. The summed E-state index contributed by atoms with van der Waals surface area (Å²) in [5.74, 6) is -0.00982. The summed E-state index contributed by atoms with van der Waals surface area (Å²) in [5.41, 5.74) is 6.76. The monoisotopic (exact) mass is 395 g/mol. The minimum atomic E-state index is -0.725. The molecule has 0 saturated heterocycles. The van der Waals surface area contributed by atoms with Crippen molar-refractivity contribution in [3.05, 3.63) is 66.5 Å². The number of nitrogens with zero attached hydrogens (tertiary/aromatic N) is 4. The third kappa shape index (κ3) is 5.25. The minimum absolute atomic E-state index is 0.0768. The Morgan fingerprint density at radius 2 is 1.90 bits per heavy atom. The SMILES string of the molecule is CC(C)(C)OC(=O)N(Cc1cc(N)ccc1F)c1cncc(-c2ncccn2)c1. The number of aromatic nitrogens is 3. The average molecular weight is 395 g/mol. The van der Waals surface area contributed by atoms with Crippen molar-refractivity contribution in [3.63, 3.8) is 0 Å². The lowest BCUT2D eigenvalue weighted by molar-refractivity contribution is 0.0577. The molecule has 0 aliphatic heterocycles. The van der Waals surface area contributed by atoms with Crippen molar-refractivity contribution in [2.24, 2.45) is 0 Å². The van der Waals surface area contributed by atoms with Crippen molar-refractivity contribution in [2.75, 3.05) is 10.6 Å². The number of ether oxygens (including phenoxy) is 1. The highest BCUT2D eigenvalue weighted by Crippen LogP contribution is 2.25. The normalized spacial score (nSPS) is 11.2. The molecule has 0 atom stereocenters. The maximum atomic E-state index is 14.3. The van der Waals surface area contributed by atoms with E-state index in [0.29, 0.717) is 22.8 Å². The second kappa shape index (κ2) is 8.22. The van der Waals surface area contributed by atoms with Gasteiger partial charge in [0.1, 0.15) is 11.4 Å². The fourth-order valence-electron chi connectivity index (χ4n) is 2.61. The zero-order valence-corrected chi connectivity index (χ0v) is 16.5. The summed E-state index contributed by atoms with van der Waals surface area (Å²) in [7, 11) is 0. The number of nitrogen functional groups attached to an aromatic ring is 1. The Bertz CT molecular complexity index is 1010. The molecule has 0 bridgehead atoms. The first kappa shape index (κ1) is 20.2. The zero-order valence-electron chi connectivity index (χ0n) is 16.5. The summed E-state index contributed by atoms with van der Waals surface area (Å²) in [5, 5.41) is 0. The number of anilines is 2. The van der Waals surface area contributed by atoms with E-state index in [2.05, 4.69) is 15.0 Å². The van der Waals surface area contributed by atoms with E-state index in [1.807, 2.05) is 0 Å². The number of benzene rings is 1. The van der Waals surface area contributed by atoms with Gasteiger partial charge < -0.3 is 10.5 Å². The average Bonchev–Trinajstić information content (AvgIpc) is 2.68. The summed E-state index contributed by atoms with van der Waals surface area (Å²) >= 11 is 0. The maximum Gasteiger partial charge on any atom is 0.415 e. The molecule has 2 heterocycles. The van der Waals surface area contributed by atoms with Crippen molar-refractivity contribution in [2.45, 2.75) is 32.9 Å². The largest absolute Gasteiger partial charge is 0.443 e. The Labute approximate surface area is 168 Å². The quantitative estimate of drug-likeness (QED) is 0.665. The Kier molecular flexibility index (Phi) is 5.72. The summed E-state index contributed by atoms with van der Waals surface area (Å²) in [4.78, 5) is 26.8. The molecule has 8 heteroatoms. The third-order valence-corrected chi connectivity index (χ3v) is 3.87. The number of halogens is 1. The van der Waals surface area contributed by atoms with Gasteiger partial charge >= 0.3 is 6.09 Å². The molecular formula is C21H22FN5O2. The second-order valence-corrected chi connectivity index (χ2v) is 7.42. The number of carbonyl (C=O) groups excluding carboxylic acids is 1. The van der Waals surface area contributed by atoms with Gasteiger partial charge in [0.2, 0.25) is 0 Å². The summed E-state index contributed by atoms with van der Waals surface area (Å²) in [6.45, 7) is 5.20. The van der Waals surface area contributed by atoms with E-state index in [1.54, 1.807) is 51.5 Å². The first-order valence-corrected chi connectivity index (χ1v) is 9.00. The fourth-order valence-corrected chi connectivity index (χ4v) is 2.61. The van der Waals surface area contributed by atoms with Crippen LogP contribution in [0.5, 0.6) is 0 Å². The van der Waals surface area contributed by atoms with Crippen LogP contribution in [-0.4, -0.2) is 26.6 Å². The topological polar surface area (TPSA) is 94.2 Å². The van der Waals surface area contributed by atoms with Crippen LogP contribution in [-0.2, 0) is 11.3 Å². The number of rotatable bonds is 4. The molecule has 2 aromatic heterocycles. The summed E-state index contributed by atoms with van der Waals surface area (Å²) in [6.07, 6.45) is 5.69. The molecule has 150 valence electrons. The Hall–Kier alpha value is -3.55. The van der Waals surface area contributed by atoms with Gasteiger partial charge in [0.15, 0.2) is 5.82 Å². The molecule has 7 nitrogen and oxygen atoms in total. The van der Waals surface area contributed by atoms with Gasteiger partial charge in [-0.2, -0.15) is 0 Å². The number of nitrogens with two attached hydrogens (primary N) is 1. The van der Waals surface area contributed by atoms with Gasteiger partial charge in [-0.25, -0.2) is 19.2 Å². The van der Waals surface area contributed by atoms with Crippen LogP contribution < -0.4 is 10.6 Å². The molecule has 0 unspecified atom stereocenters. The van der Waals surface area contributed by atoms with Crippen LogP contribution in [0.3, 0.4) is 0 Å². The molecule has 3 aromatic rings. The molecule has 29 heavy (non-hydrogen) atoms. The second-order valence-electron chi connectivity index (χ2n) is 7.42. The number of carbonyl (C=O) groups is 1.